The number of piperazine rings is 1. The number of nitriles is 1. The standard InChI is InChI=1S/C52H64ClN9O6S/c1-30(33-10-12-34(13-11-33)45-31(2)56-29-69-45)58-47(66)43-21-40(63)27-62(43)48(67)32(3)57-44(64)28-61-38-17-18-39(61)26-60(25-38)20-8-9-37-16-14-36(24-55-37)46(65)59-49-51(4,5)50(52(49,6)7)68-41-19-15-35(23-54)42(53)22-41/h10-16,19,22,24,29-30,32,38-40,43,49-50,63H,8-9,17-18,20-21,25-28H2,1-7H3,(H,57,64)(H,58,66)(H,59,65)/t30-,32-,38?,39?,40+,43-,49?,50?/m0/s1. The summed E-state index contributed by atoms with van der Waals surface area (Å²) >= 11 is 7.84. The first-order valence-electron chi connectivity index (χ1n) is 24.0. The molecule has 6 atom stereocenters. The van der Waals surface area contributed by atoms with Crippen molar-refractivity contribution in [2.75, 3.05) is 32.7 Å². The van der Waals surface area contributed by atoms with Crippen LogP contribution in [0.25, 0.3) is 10.4 Å². The van der Waals surface area contributed by atoms with Gasteiger partial charge in [-0.05, 0) is 88.4 Å². The van der Waals surface area contributed by atoms with E-state index in [4.69, 9.17) is 16.3 Å². The molecule has 366 valence electrons. The lowest BCUT2D eigenvalue weighted by atomic mass is 9.49. The van der Waals surface area contributed by atoms with E-state index >= 15 is 0 Å². The molecule has 4 amide bonds. The molecule has 4 N–H and O–H groups in total. The van der Waals surface area contributed by atoms with E-state index in [-0.39, 0.29) is 78.3 Å². The lowest BCUT2D eigenvalue weighted by Gasteiger charge is -2.63. The number of nitrogens with one attached hydrogen (secondary N) is 3. The van der Waals surface area contributed by atoms with Crippen molar-refractivity contribution in [2.24, 2.45) is 10.8 Å². The summed E-state index contributed by atoms with van der Waals surface area (Å²) in [5.74, 6) is -0.578. The fourth-order valence-electron chi connectivity index (χ4n) is 11.5. The van der Waals surface area contributed by atoms with E-state index in [1.165, 1.54) is 4.90 Å². The zero-order valence-electron chi connectivity index (χ0n) is 40.5. The average Bonchev–Trinajstić information content (AvgIpc) is 4.00. The largest absolute Gasteiger partial charge is 0.489 e. The number of thiazole rings is 1. The molecule has 8 rings (SSSR count). The number of amides is 4. The van der Waals surface area contributed by atoms with Gasteiger partial charge in [0, 0.05) is 73.0 Å². The van der Waals surface area contributed by atoms with E-state index in [2.05, 4.69) is 69.5 Å². The molecule has 5 heterocycles. The molecule has 2 bridgehead atoms. The van der Waals surface area contributed by atoms with Gasteiger partial charge >= 0.3 is 0 Å². The summed E-state index contributed by atoms with van der Waals surface area (Å²) < 4.78 is 6.37. The van der Waals surface area contributed by atoms with Gasteiger partial charge in [-0.15, -0.1) is 11.3 Å². The SMILES string of the molecule is Cc1ncsc1-c1ccc([C@H](C)NC(=O)[C@@H]2C[C@@H](O)CN2C(=O)[C@H](C)NC(=O)CN2C3CCC2CN(CCCc2ccc(C(=O)NC4C(C)(C)C(Oc5ccc(C#N)c(Cl)c5)C4(C)C)cn2)C3)cc1. The lowest BCUT2D eigenvalue weighted by Crippen LogP contribution is -2.74. The van der Waals surface area contributed by atoms with Gasteiger partial charge in [0.1, 0.15) is 30.0 Å². The Bertz CT molecular complexity index is 2550. The molecular formula is C52H64ClN9O6S. The highest BCUT2D eigenvalue weighted by Gasteiger charge is 2.64. The summed E-state index contributed by atoms with van der Waals surface area (Å²) in [5.41, 5.74) is 5.81. The molecule has 0 spiro atoms. The predicted molar refractivity (Wildman–Crippen MR) is 264 cm³/mol. The number of likely N-dealkylation sites (tertiary alicyclic amines) is 2. The van der Waals surface area contributed by atoms with Crippen LogP contribution in [-0.4, -0.2) is 129 Å². The number of halogens is 1. The average molecular weight is 979 g/mol. The number of rotatable bonds is 16. The van der Waals surface area contributed by atoms with Crippen LogP contribution in [0.15, 0.2) is 66.3 Å². The van der Waals surface area contributed by atoms with Crippen LogP contribution >= 0.6 is 22.9 Å². The van der Waals surface area contributed by atoms with E-state index in [9.17, 15) is 29.5 Å². The minimum absolute atomic E-state index is 0.0228. The monoisotopic (exact) mass is 977 g/mol. The Kier molecular flexibility index (Phi) is 14.8. The Morgan fingerprint density at radius 3 is 2.30 bits per heavy atom. The number of carbonyl (C=O) groups excluding carboxylic acids is 4. The molecule has 2 aromatic heterocycles. The van der Waals surface area contributed by atoms with E-state index in [0.29, 0.717) is 21.9 Å². The Hall–Kier alpha value is -5.44. The number of hydrogen-bond acceptors (Lipinski definition) is 12. The molecule has 15 nitrogen and oxygen atoms in total. The number of nitrogens with zero attached hydrogens (tertiary/aromatic N) is 6. The third-order valence-corrected chi connectivity index (χ3v) is 16.1. The maximum Gasteiger partial charge on any atom is 0.253 e. The predicted octanol–water partition coefficient (Wildman–Crippen LogP) is 6.08. The van der Waals surface area contributed by atoms with Crippen LogP contribution in [-0.2, 0) is 20.8 Å². The fraction of sp³-hybridized carbons (Fsp3) is 0.519. The zero-order valence-corrected chi connectivity index (χ0v) is 42.1. The van der Waals surface area contributed by atoms with Gasteiger partial charge in [-0.3, -0.25) is 29.1 Å². The van der Waals surface area contributed by atoms with Gasteiger partial charge in [-0.25, -0.2) is 4.98 Å². The summed E-state index contributed by atoms with van der Waals surface area (Å²) in [5, 5.41) is 29.3. The van der Waals surface area contributed by atoms with Crippen molar-refractivity contribution in [3.05, 3.63) is 99.4 Å². The number of aromatic nitrogens is 2. The molecule has 17 heteroatoms. The van der Waals surface area contributed by atoms with Gasteiger partial charge < -0.3 is 35.6 Å². The molecule has 4 aromatic rings. The van der Waals surface area contributed by atoms with Crippen LogP contribution in [0, 0.1) is 29.1 Å². The van der Waals surface area contributed by atoms with Crippen molar-refractivity contribution in [3.63, 3.8) is 0 Å². The summed E-state index contributed by atoms with van der Waals surface area (Å²) in [7, 11) is 0. The van der Waals surface area contributed by atoms with Gasteiger partial charge in [0.2, 0.25) is 17.7 Å². The van der Waals surface area contributed by atoms with Crippen molar-refractivity contribution >= 4 is 46.6 Å². The number of carbonyl (C=O) groups is 4. The van der Waals surface area contributed by atoms with Crippen molar-refractivity contribution in [1.29, 1.82) is 5.26 Å². The highest BCUT2D eigenvalue weighted by atomic mass is 35.5. The van der Waals surface area contributed by atoms with E-state index in [1.807, 2.05) is 55.8 Å². The number of pyridine rings is 1. The van der Waals surface area contributed by atoms with Crippen LogP contribution in [0.2, 0.25) is 5.02 Å². The first-order chi connectivity index (χ1) is 32.8. The summed E-state index contributed by atoms with van der Waals surface area (Å²) in [6, 6.07) is 17.1. The maximum atomic E-state index is 13.7. The molecule has 2 aromatic carbocycles. The van der Waals surface area contributed by atoms with Gasteiger partial charge in [0.15, 0.2) is 0 Å². The van der Waals surface area contributed by atoms with Crippen LogP contribution in [0.4, 0.5) is 0 Å². The van der Waals surface area contributed by atoms with E-state index < -0.39 is 24.1 Å². The Labute approximate surface area is 414 Å². The Morgan fingerprint density at radius 2 is 1.68 bits per heavy atom. The number of fused-ring (bicyclic) bond motifs is 2. The quantitative estimate of drug-likeness (QED) is 0.102. The number of aliphatic hydroxyl groups excluding tert-OH is 1. The second kappa shape index (κ2) is 20.5. The number of β-amino-alcohol motifs (C(OH)–C–C–N with tert-alkyl or cyclic N) is 1. The number of hydrogen-bond donors (Lipinski definition) is 4. The lowest BCUT2D eigenvalue weighted by molar-refractivity contribution is -0.164. The smallest absolute Gasteiger partial charge is 0.253 e. The number of aliphatic hydroxyl groups is 1. The van der Waals surface area contributed by atoms with Gasteiger partial charge in [0.25, 0.3) is 5.91 Å². The maximum absolute atomic E-state index is 13.7. The molecule has 2 unspecified atom stereocenters. The first kappa shape index (κ1) is 50.0. The summed E-state index contributed by atoms with van der Waals surface area (Å²) in [4.78, 5) is 70.4. The molecule has 3 saturated heterocycles. The van der Waals surface area contributed by atoms with Crippen molar-refractivity contribution in [3.8, 4) is 22.3 Å². The van der Waals surface area contributed by atoms with Crippen LogP contribution < -0.4 is 20.7 Å². The highest BCUT2D eigenvalue weighted by molar-refractivity contribution is 7.13. The fourth-order valence-corrected chi connectivity index (χ4v) is 12.5. The van der Waals surface area contributed by atoms with Crippen LogP contribution in [0.3, 0.4) is 0 Å². The Morgan fingerprint density at radius 1 is 0.971 bits per heavy atom. The number of benzene rings is 2. The highest BCUT2D eigenvalue weighted by Crippen LogP contribution is 2.55. The molecule has 1 saturated carbocycles. The van der Waals surface area contributed by atoms with Gasteiger partial charge in [0.05, 0.1) is 50.9 Å². The normalized spacial score (nSPS) is 24.7. The number of aryl methyl sites for hydroxylation is 2. The van der Waals surface area contributed by atoms with Gasteiger partial charge in [-0.1, -0.05) is 63.6 Å². The zero-order chi connectivity index (χ0) is 49.4. The van der Waals surface area contributed by atoms with Gasteiger partial charge in [-0.2, -0.15) is 5.26 Å². The molecule has 69 heavy (non-hydrogen) atoms. The van der Waals surface area contributed by atoms with Crippen molar-refractivity contribution in [2.45, 2.75) is 129 Å². The molecule has 1 aliphatic carbocycles. The summed E-state index contributed by atoms with van der Waals surface area (Å²) in [6.07, 6.45) is 4.39. The molecule has 4 aliphatic rings. The van der Waals surface area contributed by atoms with Crippen LogP contribution in [0.1, 0.15) is 106 Å². The second-order valence-corrected chi connectivity index (χ2v) is 21.8. The van der Waals surface area contributed by atoms with Crippen molar-refractivity contribution < 1.29 is 29.0 Å². The molecular weight excluding hydrogens is 914 g/mol. The minimum Gasteiger partial charge on any atom is -0.489 e. The molecule has 4 fully saturated rings. The second-order valence-electron chi connectivity index (χ2n) is 20.6. The minimum atomic E-state index is -0.869. The van der Waals surface area contributed by atoms with Crippen molar-refractivity contribution in [1.82, 2.24) is 40.6 Å². The molecule has 0 radical (unpaired) electrons. The van der Waals surface area contributed by atoms with E-state index in [1.54, 1.807) is 42.7 Å². The topological polar surface area (TPSA) is 193 Å². The summed E-state index contributed by atoms with van der Waals surface area (Å²) in [6.45, 7) is 16.6. The van der Waals surface area contributed by atoms with Crippen LogP contribution in [0.5, 0.6) is 5.75 Å². The molecule has 3 aliphatic heterocycles. The Balaban J connectivity index is 0.757. The van der Waals surface area contributed by atoms with E-state index in [0.717, 1.165) is 72.7 Å². The first-order valence-corrected chi connectivity index (χ1v) is 25.3. The third kappa shape index (κ3) is 10.7. The number of ether oxygens (including phenoxy) is 1. The third-order valence-electron chi connectivity index (χ3n) is 14.8.